The first-order chi connectivity index (χ1) is 10.7. The van der Waals surface area contributed by atoms with Gasteiger partial charge in [-0.25, -0.2) is 0 Å². The fourth-order valence-corrected chi connectivity index (χ4v) is 3.52. The molecule has 0 saturated carbocycles. The predicted octanol–water partition coefficient (Wildman–Crippen LogP) is 2.65. The van der Waals surface area contributed by atoms with Crippen molar-refractivity contribution in [1.82, 2.24) is 0 Å². The number of rotatable bonds is 3. The summed E-state index contributed by atoms with van der Waals surface area (Å²) in [6, 6.07) is 16.1. The van der Waals surface area contributed by atoms with E-state index in [0.29, 0.717) is 19.6 Å². The average molecular weight is 297 g/mol. The maximum atomic E-state index is 11.1. The van der Waals surface area contributed by atoms with Gasteiger partial charge in [0.25, 0.3) is 0 Å². The summed E-state index contributed by atoms with van der Waals surface area (Å²) in [7, 11) is 1.64. The Hall–Kier alpha value is -2.04. The highest BCUT2D eigenvalue weighted by Crippen LogP contribution is 2.50. The van der Waals surface area contributed by atoms with Crippen LogP contribution in [0.3, 0.4) is 0 Å². The third-order valence-electron chi connectivity index (χ3n) is 4.63. The van der Waals surface area contributed by atoms with Crippen LogP contribution in [0.15, 0.2) is 48.5 Å². The van der Waals surface area contributed by atoms with E-state index < -0.39 is 5.60 Å². The standard InChI is InChI=1S/C18H19NO3/c1-21-14-7-8-16-15(11-14)18(20)9-10-22-17(18)19(16)12-13-5-3-2-4-6-13/h2-8,11,17,20H,9-10,12H2,1H3. The van der Waals surface area contributed by atoms with Crippen molar-refractivity contribution in [1.29, 1.82) is 0 Å². The molecule has 4 nitrogen and oxygen atoms in total. The summed E-state index contributed by atoms with van der Waals surface area (Å²) in [6.45, 7) is 1.29. The normalized spacial score (nSPS) is 25.9. The van der Waals surface area contributed by atoms with E-state index in [9.17, 15) is 5.11 Å². The quantitative estimate of drug-likeness (QED) is 0.946. The molecular weight excluding hydrogens is 278 g/mol. The number of fused-ring (bicyclic) bond motifs is 3. The van der Waals surface area contributed by atoms with Gasteiger partial charge in [0.2, 0.25) is 0 Å². The van der Waals surface area contributed by atoms with Gasteiger partial charge in [-0.1, -0.05) is 30.3 Å². The molecule has 0 aliphatic carbocycles. The van der Waals surface area contributed by atoms with E-state index in [1.807, 2.05) is 36.4 Å². The lowest BCUT2D eigenvalue weighted by atomic mass is 9.93. The summed E-state index contributed by atoms with van der Waals surface area (Å²) >= 11 is 0. The fourth-order valence-electron chi connectivity index (χ4n) is 3.52. The first-order valence-electron chi connectivity index (χ1n) is 7.55. The van der Waals surface area contributed by atoms with E-state index >= 15 is 0 Å². The Morgan fingerprint density at radius 3 is 2.86 bits per heavy atom. The van der Waals surface area contributed by atoms with Gasteiger partial charge in [0.05, 0.1) is 13.7 Å². The second-order valence-electron chi connectivity index (χ2n) is 5.89. The summed E-state index contributed by atoms with van der Waals surface area (Å²) in [5, 5.41) is 11.1. The minimum atomic E-state index is -0.946. The predicted molar refractivity (Wildman–Crippen MR) is 83.9 cm³/mol. The Morgan fingerprint density at radius 2 is 2.09 bits per heavy atom. The van der Waals surface area contributed by atoms with Crippen LogP contribution in [0.25, 0.3) is 0 Å². The molecule has 0 spiro atoms. The number of nitrogens with zero attached hydrogens (tertiary/aromatic N) is 1. The highest BCUT2D eigenvalue weighted by Gasteiger charge is 2.54. The molecule has 2 unspecified atom stereocenters. The van der Waals surface area contributed by atoms with Crippen LogP contribution in [0.5, 0.6) is 5.75 Å². The van der Waals surface area contributed by atoms with Crippen molar-refractivity contribution in [3.8, 4) is 5.75 Å². The van der Waals surface area contributed by atoms with Gasteiger partial charge in [-0.3, -0.25) is 0 Å². The molecule has 0 aromatic heterocycles. The molecule has 2 heterocycles. The van der Waals surface area contributed by atoms with E-state index in [1.165, 1.54) is 5.56 Å². The number of hydrogen-bond donors (Lipinski definition) is 1. The molecular formula is C18H19NO3. The molecule has 2 aromatic carbocycles. The molecule has 2 aliphatic rings. The second-order valence-corrected chi connectivity index (χ2v) is 5.89. The van der Waals surface area contributed by atoms with E-state index in [1.54, 1.807) is 7.11 Å². The number of aliphatic hydroxyl groups is 1. The van der Waals surface area contributed by atoms with Gasteiger partial charge in [-0.2, -0.15) is 0 Å². The zero-order valence-corrected chi connectivity index (χ0v) is 12.5. The van der Waals surface area contributed by atoms with Gasteiger partial charge in [-0.15, -0.1) is 0 Å². The van der Waals surface area contributed by atoms with Crippen LogP contribution >= 0.6 is 0 Å². The molecule has 1 saturated heterocycles. The van der Waals surface area contributed by atoms with E-state index in [2.05, 4.69) is 17.0 Å². The third kappa shape index (κ3) is 1.91. The largest absolute Gasteiger partial charge is 0.497 e. The van der Waals surface area contributed by atoms with Crippen molar-refractivity contribution in [2.24, 2.45) is 0 Å². The molecule has 22 heavy (non-hydrogen) atoms. The van der Waals surface area contributed by atoms with Gasteiger partial charge in [0.15, 0.2) is 6.23 Å². The van der Waals surface area contributed by atoms with Crippen LogP contribution in [0.2, 0.25) is 0 Å². The Labute approximate surface area is 129 Å². The van der Waals surface area contributed by atoms with Crippen LogP contribution in [0.4, 0.5) is 5.69 Å². The van der Waals surface area contributed by atoms with Crippen molar-refractivity contribution in [3.05, 3.63) is 59.7 Å². The molecule has 0 radical (unpaired) electrons. The first kappa shape index (κ1) is 13.6. The van der Waals surface area contributed by atoms with E-state index in [4.69, 9.17) is 9.47 Å². The molecule has 0 bridgehead atoms. The summed E-state index contributed by atoms with van der Waals surface area (Å²) in [5.74, 6) is 0.763. The lowest BCUT2D eigenvalue weighted by molar-refractivity contribution is -0.0313. The maximum absolute atomic E-state index is 11.1. The van der Waals surface area contributed by atoms with E-state index in [-0.39, 0.29) is 6.23 Å². The van der Waals surface area contributed by atoms with Crippen molar-refractivity contribution in [2.45, 2.75) is 24.8 Å². The summed E-state index contributed by atoms with van der Waals surface area (Å²) in [6.07, 6.45) is 0.290. The van der Waals surface area contributed by atoms with Crippen molar-refractivity contribution in [2.75, 3.05) is 18.6 Å². The fraction of sp³-hybridized carbons (Fsp3) is 0.333. The SMILES string of the molecule is COc1ccc2c(c1)C1(O)CCOC1N2Cc1ccccc1. The molecule has 2 aromatic rings. The van der Waals surface area contributed by atoms with Crippen LogP contribution in [0, 0.1) is 0 Å². The molecule has 2 aliphatic heterocycles. The second kappa shape index (κ2) is 5.00. The summed E-state index contributed by atoms with van der Waals surface area (Å²) < 4.78 is 11.2. The third-order valence-corrected chi connectivity index (χ3v) is 4.63. The van der Waals surface area contributed by atoms with Crippen LogP contribution in [-0.2, 0) is 16.9 Å². The minimum Gasteiger partial charge on any atom is -0.497 e. The molecule has 0 amide bonds. The van der Waals surface area contributed by atoms with Crippen molar-refractivity contribution < 1.29 is 14.6 Å². The smallest absolute Gasteiger partial charge is 0.163 e. The molecule has 2 atom stereocenters. The van der Waals surface area contributed by atoms with Gasteiger partial charge in [0.1, 0.15) is 11.4 Å². The highest BCUT2D eigenvalue weighted by atomic mass is 16.5. The van der Waals surface area contributed by atoms with E-state index in [0.717, 1.165) is 17.0 Å². The van der Waals surface area contributed by atoms with Crippen LogP contribution < -0.4 is 9.64 Å². The van der Waals surface area contributed by atoms with Crippen LogP contribution in [0.1, 0.15) is 17.5 Å². The monoisotopic (exact) mass is 297 g/mol. The first-order valence-corrected chi connectivity index (χ1v) is 7.55. The topological polar surface area (TPSA) is 41.9 Å². The van der Waals surface area contributed by atoms with Crippen LogP contribution in [-0.4, -0.2) is 25.1 Å². The number of ether oxygens (including phenoxy) is 2. The number of benzene rings is 2. The molecule has 1 fully saturated rings. The molecule has 114 valence electrons. The summed E-state index contributed by atoms with van der Waals surface area (Å²) in [4.78, 5) is 2.15. The lowest BCUT2D eigenvalue weighted by Gasteiger charge is -2.28. The van der Waals surface area contributed by atoms with Gasteiger partial charge < -0.3 is 19.5 Å². The zero-order chi connectivity index (χ0) is 15.2. The molecule has 1 N–H and O–H groups in total. The van der Waals surface area contributed by atoms with Crippen molar-refractivity contribution in [3.63, 3.8) is 0 Å². The maximum Gasteiger partial charge on any atom is 0.163 e. The minimum absolute atomic E-state index is 0.324. The Morgan fingerprint density at radius 1 is 1.27 bits per heavy atom. The molecule has 4 rings (SSSR count). The Kier molecular flexibility index (Phi) is 3.10. The highest BCUT2D eigenvalue weighted by molar-refractivity contribution is 5.65. The van der Waals surface area contributed by atoms with Gasteiger partial charge >= 0.3 is 0 Å². The molecule has 4 heteroatoms. The van der Waals surface area contributed by atoms with Crippen molar-refractivity contribution >= 4 is 5.69 Å². The zero-order valence-electron chi connectivity index (χ0n) is 12.5. The average Bonchev–Trinajstić information content (AvgIpc) is 3.04. The van der Waals surface area contributed by atoms with Gasteiger partial charge in [-0.05, 0) is 23.8 Å². The summed E-state index contributed by atoms with van der Waals surface area (Å²) in [5.41, 5.74) is 2.18. The van der Waals surface area contributed by atoms with Gasteiger partial charge in [0, 0.05) is 24.2 Å². The number of methoxy groups -OCH3 is 1. The number of hydrogen-bond acceptors (Lipinski definition) is 4. The Balaban J connectivity index is 1.77. The number of anilines is 1. The Bertz CT molecular complexity index is 688. The lowest BCUT2D eigenvalue weighted by Crippen LogP contribution is -2.41.